The molecule has 0 radical (unpaired) electrons. The first-order valence-electron chi connectivity index (χ1n) is 5.44. The van der Waals surface area contributed by atoms with Crippen molar-refractivity contribution in [3.63, 3.8) is 0 Å². The molecule has 0 amide bonds. The summed E-state index contributed by atoms with van der Waals surface area (Å²) in [5, 5.41) is 0. The smallest absolute Gasteiger partial charge is 0.126 e. The van der Waals surface area contributed by atoms with Crippen molar-refractivity contribution >= 4 is 11.3 Å². The van der Waals surface area contributed by atoms with Gasteiger partial charge in [0.1, 0.15) is 18.2 Å². The standard InChI is InChI=1S/C14H12FNOS/c15-11-3-1-4-12(9-11)17-10-14-7-6-13(18-14)5-2-8-16/h1,3-4,6-7,9H,8,10,16H2. The maximum absolute atomic E-state index is 12.9. The van der Waals surface area contributed by atoms with Crippen molar-refractivity contribution in [1.82, 2.24) is 0 Å². The van der Waals surface area contributed by atoms with Gasteiger partial charge >= 0.3 is 0 Å². The highest BCUT2D eigenvalue weighted by molar-refractivity contribution is 7.12. The van der Waals surface area contributed by atoms with Gasteiger partial charge in [-0.15, -0.1) is 11.3 Å². The van der Waals surface area contributed by atoms with Crippen LogP contribution in [-0.2, 0) is 6.61 Å². The number of ether oxygens (including phenoxy) is 1. The summed E-state index contributed by atoms with van der Waals surface area (Å²) in [6.45, 7) is 0.769. The highest BCUT2D eigenvalue weighted by Gasteiger charge is 2.00. The van der Waals surface area contributed by atoms with Gasteiger partial charge in [0.25, 0.3) is 0 Å². The van der Waals surface area contributed by atoms with E-state index in [2.05, 4.69) is 11.8 Å². The summed E-state index contributed by atoms with van der Waals surface area (Å²) in [6, 6.07) is 9.98. The maximum Gasteiger partial charge on any atom is 0.126 e. The van der Waals surface area contributed by atoms with Crippen LogP contribution in [0.15, 0.2) is 36.4 Å². The number of halogens is 1. The zero-order valence-corrected chi connectivity index (χ0v) is 10.5. The fourth-order valence-corrected chi connectivity index (χ4v) is 2.17. The molecule has 2 rings (SSSR count). The van der Waals surface area contributed by atoms with Gasteiger partial charge in [0.15, 0.2) is 0 Å². The Hall–Kier alpha value is -1.83. The maximum atomic E-state index is 12.9. The van der Waals surface area contributed by atoms with Crippen molar-refractivity contribution in [2.45, 2.75) is 6.61 Å². The second kappa shape index (κ2) is 6.20. The average Bonchev–Trinajstić information content (AvgIpc) is 2.82. The molecule has 0 fully saturated rings. The molecule has 92 valence electrons. The van der Waals surface area contributed by atoms with Crippen molar-refractivity contribution in [1.29, 1.82) is 0 Å². The zero-order chi connectivity index (χ0) is 12.8. The first kappa shape index (κ1) is 12.6. The third-order valence-electron chi connectivity index (χ3n) is 2.15. The van der Waals surface area contributed by atoms with E-state index >= 15 is 0 Å². The van der Waals surface area contributed by atoms with E-state index in [0.717, 1.165) is 9.75 Å². The summed E-state index contributed by atoms with van der Waals surface area (Å²) in [5.74, 6) is 5.98. The Morgan fingerprint density at radius 2 is 2.17 bits per heavy atom. The third-order valence-corrected chi connectivity index (χ3v) is 3.13. The number of nitrogens with two attached hydrogens (primary N) is 1. The van der Waals surface area contributed by atoms with Gasteiger partial charge in [-0.2, -0.15) is 0 Å². The lowest BCUT2D eigenvalue weighted by atomic mass is 10.3. The monoisotopic (exact) mass is 261 g/mol. The minimum atomic E-state index is -0.298. The number of hydrogen-bond acceptors (Lipinski definition) is 3. The van der Waals surface area contributed by atoms with Crippen molar-refractivity contribution < 1.29 is 9.13 Å². The lowest BCUT2D eigenvalue weighted by Crippen LogP contribution is -1.93. The van der Waals surface area contributed by atoms with Crippen LogP contribution in [-0.4, -0.2) is 6.54 Å². The van der Waals surface area contributed by atoms with Gasteiger partial charge in [-0.05, 0) is 24.3 Å². The van der Waals surface area contributed by atoms with E-state index in [1.807, 2.05) is 12.1 Å². The van der Waals surface area contributed by atoms with Crippen LogP contribution in [0.25, 0.3) is 0 Å². The molecule has 4 heteroatoms. The molecule has 1 heterocycles. The second-order valence-corrected chi connectivity index (χ2v) is 4.69. The molecule has 2 aromatic rings. The fraction of sp³-hybridized carbons (Fsp3) is 0.143. The Morgan fingerprint density at radius 1 is 1.28 bits per heavy atom. The van der Waals surface area contributed by atoms with Crippen LogP contribution in [0, 0.1) is 17.7 Å². The van der Waals surface area contributed by atoms with Crippen LogP contribution in [0.2, 0.25) is 0 Å². The van der Waals surface area contributed by atoms with Crippen molar-refractivity contribution in [2.75, 3.05) is 6.54 Å². The van der Waals surface area contributed by atoms with E-state index in [-0.39, 0.29) is 5.82 Å². The average molecular weight is 261 g/mol. The van der Waals surface area contributed by atoms with Gasteiger partial charge in [0.05, 0.1) is 11.4 Å². The van der Waals surface area contributed by atoms with Crippen LogP contribution in [0.1, 0.15) is 9.75 Å². The molecule has 0 aliphatic carbocycles. The first-order valence-corrected chi connectivity index (χ1v) is 6.25. The highest BCUT2D eigenvalue weighted by atomic mass is 32.1. The minimum Gasteiger partial charge on any atom is -0.488 e. The quantitative estimate of drug-likeness (QED) is 0.862. The van der Waals surface area contributed by atoms with E-state index in [0.29, 0.717) is 18.9 Å². The summed E-state index contributed by atoms with van der Waals surface area (Å²) in [5.41, 5.74) is 5.30. The predicted molar refractivity (Wildman–Crippen MR) is 71.0 cm³/mol. The van der Waals surface area contributed by atoms with Crippen molar-refractivity contribution in [3.8, 4) is 17.6 Å². The summed E-state index contributed by atoms with van der Waals surface area (Å²) in [4.78, 5) is 2.00. The van der Waals surface area contributed by atoms with Crippen molar-refractivity contribution in [3.05, 3.63) is 52.0 Å². The van der Waals surface area contributed by atoms with Gasteiger partial charge in [-0.1, -0.05) is 17.9 Å². The Bertz CT molecular complexity index is 583. The van der Waals surface area contributed by atoms with Gasteiger partial charge in [-0.25, -0.2) is 4.39 Å². The molecule has 2 nitrogen and oxygen atoms in total. The lowest BCUT2D eigenvalue weighted by Gasteiger charge is -2.03. The molecule has 1 aromatic carbocycles. The zero-order valence-electron chi connectivity index (χ0n) is 9.65. The summed E-state index contributed by atoms with van der Waals surface area (Å²) in [7, 11) is 0. The third kappa shape index (κ3) is 3.59. The largest absolute Gasteiger partial charge is 0.488 e. The summed E-state index contributed by atoms with van der Waals surface area (Å²) in [6.07, 6.45) is 0. The Balaban J connectivity index is 1.96. The molecule has 0 saturated carbocycles. The molecular formula is C14H12FNOS. The topological polar surface area (TPSA) is 35.2 Å². The van der Waals surface area contributed by atoms with Crippen LogP contribution in [0.4, 0.5) is 4.39 Å². The number of benzene rings is 1. The first-order chi connectivity index (χ1) is 8.78. The minimum absolute atomic E-state index is 0.298. The van der Waals surface area contributed by atoms with E-state index < -0.39 is 0 Å². The molecule has 0 atom stereocenters. The SMILES string of the molecule is NCC#Cc1ccc(COc2cccc(F)c2)s1. The number of thiophene rings is 1. The van der Waals surface area contributed by atoms with E-state index in [1.165, 1.54) is 12.1 Å². The van der Waals surface area contributed by atoms with Crippen molar-refractivity contribution in [2.24, 2.45) is 5.73 Å². The Morgan fingerprint density at radius 3 is 2.94 bits per heavy atom. The van der Waals surface area contributed by atoms with Crippen LogP contribution in [0.3, 0.4) is 0 Å². The number of rotatable bonds is 3. The Labute approximate surface area is 109 Å². The molecule has 0 saturated heterocycles. The molecule has 0 aliphatic heterocycles. The Kier molecular flexibility index (Phi) is 4.35. The van der Waals surface area contributed by atoms with Gasteiger partial charge < -0.3 is 10.5 Å². The molecule has 1 aromatic heterocycles. The van der Waals surface area contributed by atoms with E-state index in [9.17, 15) is 4.39 Å². The number of hydrogen-bond donors (Lipinski definition) is 1. The molecule has 0 aliphatic rings. The lowest BCUT2D eigenvalue weighted by molar-refractivity contribution is 0.308. The van der Waals surface area contributed by atoms with Crippen LogP contribution < -0.4 is 10.5 Å². The van der Waals surface area contributed by atoms with Crippen LogP contribution in [0.5, 0.6) is 5.75 Å². The molecule has 0 unspecified atom stereocenters. The second-order valence-electron chi connectivity index (χ2n) is 3.52. The van der Waals surface area contributed by atoms with Gasteiger partial charge in [0.2, 0.25) is 0 Å². The van der Waals surface area contributed by atoms with Gasteiger partial charge in [-0.3, -0.25) is 0 Å². The van der Waals surface area contributed by atoms with Gasteiger partial charge in [0, 0.05) is 10.9 Å². The molecule has 0 spiro atoms. The molecular weight excluding hydrogens is 249 g/mol. The van der Waals surface area contributed by atoms with E-state index in [4.69, 9.17) is 10.5 Å². The molecule has 0 bridgehead atoms. The van der Waals surface area contributed by atoms with E-state index in [1.54, 1.807) is 23.5 Å². The van der Waals surface area contributed by atoms with Crippen LogP contribution >= 0.6 is 11.3 Å². The highest BCUT2D eigenvalue weighted by Crippen LogP contribution is 2.19. The molecule has 2 N–H and O–H groups in total. The molecule has 18 heavy (non-hydrogen) atoms. The summed E-state index contributed by atoms with van der Waals surface area (Å²) < 4.78 is 18.4. The normalized spacial score (nSPS) is 9.67. The predicted octanol–water partition coefficient (Wildman–Crippen LogP) is 2.78. The fourth-order valence-electron chi connectivity index (χ4n) is 1.37. The summed E-state index contributed by atoms with van der Waals surface area (Å²) >= 11 is 1.55.